The molecule has 104 valence electrons. The van der Waals surface area contributed by atoms with Gasteiger partial charge in [0.05, 0.1) is 0 Å². The molecule has 1 amide bonds. The van der Waals surface area contributed by atoms with Crippen LogP contribution in [0.2, 0.25) is 10.0 Å². The molecule has 3 aromatic rings. The molecule has 0 spiro atoms. The lowest BCUT2D eigenvalue weighted by molar-refractivity contribution is 0.102. The van der Waals surface area contributed by atoms with Gasteiger partial charge < -0.3 is 5.32 Å². The summed E-state index contributed by atoms with van der Waals surface area (Å²) >= 11 is 11.8. The summed E-state index contributed by atoms with van der Waals surface area (Å²) < 4.78 is 0. The van der Waals surface area contributed by atoms with E-state index in [-0.39, 0.29) is 5.91 Å². The number of carbonyl (C=O) groups is 1. The normalized spacial score (nSPS) is 10.6. The zero-order chi connectivity index (χ0) is 14.8. The molecule has 0 unspecified atom stereocenters. The number of nitrogens with one attached hydrogen (secondary N) is 1. The number of benzene rings is 3. The van der Waals surface area contributed by atoms with Crippen LogP contribution in [0, 0.1) is 0 Å². The summed E-state index contributed by atoms with van der Waals surface area (Å²) in [6, 6.07) is 18.5. The van der Waals surface area contributed by atoms with Crippen molar-refractivity contribution in [2.75, 3.05) is 5.32 Å². The number of hydrogen-bond donors (Lipinski definition) is 1. The number of carbonyl (C=O) groups excluding carboxylic acids is 1. The third-order valence-corrected chi connectivity index (χ3v) is 3.57. The van der Waals surface area contributed by atoms with Crippen molar-refractivity contribution < 1.29 is 4.79 Å². The van der Waals surface area contributed by atoms with Crippen molar-refractivity contribution >= 4 is 45.6 Å². The number of anilines is 1. The van der Waals surface area contributed by atoms with E-state index in [1.165, 1.54) is 0 Å². The van der Waals surface area contributed by atoms with Crippen molar-refractivity contribution in [2.45, 2.75) is 0 Å². The maximum atomic E-state index is 12.2. The summed E-state index contributed by atoms with van der Waals surface area (Å²) in [5, 5.41) is 5.92. The molecule has 0 bridgehead atoms. The molecule has 3 aromatic carbocycles. The van der Waals surface area contributed by atoms with Gasteiger partial charge in [0.25, 0.3) is 5.91 Å². The molecule has 0 aliphatic carbocycles. The van der Waals surface area contributed by atoms with Crippen molar-refractivity contribution in [1.29, 1.82) is 0 Å². The Balaban J connectivity index is 1.88. The average molecular weight is 316 g/mol. The molecular formula is C17H11Cl2NO. The highest BCUT2D eigenvalue weighted by atomic mass is 35.5. The molecule has 3 rings (SSSR count). The lowest BCUT2D eigenvalue weighted by Gasteiger charge is -2.07. The average Bonchev–Trinajstić information content (AvgIpc) is 2.46. The van der Waals surface area contributed by atoms with Crippen LogP contribution >= 0.6 is 23.2 Å². The Morgan fingerprint density at radius 3 is 2.19 bits per heavy atom. The molecule has 0 aromatic heterocycles. The first-order valence-electron chi connectivity index (χ1n) is 6.38. The van der Waals surface area contributed by atoms with E-state index in [2.05, 4.69) is 5.32 Å². The summed E-state index contributed by atoms with van der Waals surface area (Å²) in [4.78, 5) is 12.2. The minimum atomic E-state index is -0.241. The highest BCUT2D eigenvalue weighted by molar-refractivity contribution is 6.35. The minimum absolute atomic E-state index is 0.241. The first-order chi connectivity index (χ1) is 10.1. The van der Waals surface area contributed by atoms with E-state index in [4.69, 9.17) is 23.2 Å². The minimum Gasteiger partial charge on any atom is -0.322 e. The maximum absolute atomic E-state index is 12.2. The second-order valence-corrected chi connectivity index (χ2v) is 5.55. The van der Waals surface area contributed by atoms with Gasteiger partial charge in [0, 0.05) is 21.3 Å². The largest absolute Gasteiger partial charge is 0.322 e. The standard InChI is InChI=1S/C17H11Cl2NO/c18-14-7-13(8-15(19)10-14)17(21)20-16-6-5-11-3-1-2-4-12(11)9-16/h1-10H,(H,20,21). The van der Waals surface area contributed by atoms with Gasteiger partial charge in [-0.15, -0.1) is 0 Å². The van der Waals surface area contributed by atoms with Crippen molar-refractivity contribution in [3.8, 4) is 0 Å². The Labute approximate surface area is 132 Å². The van der Waals surface area contributed by atoms with E-state index < -0.39 is 0 Å². The molecule has 0 fully saturated rings. The lowest BCUT2D eigenvalue weighted by Crippen LogP contribution is -2.11. The third kappa shape index (κ3) is 3.18. The summed E-state index contributed by atoms with van der Waals surface area (Å²) in [6.07, 6.45) is 0. The van der Waals surface area contributed by atoms with Crippen LogP contribution in [0.3, 0.4) is 0 Å². The summed E-state index contributed by atoms with van der Waals surface area (Å²) in [6.45, 7) is 0. The van der Waals surface area contributed by atoms with Crippen molar-refractivity contribution in [2.24, 2.45) is 0 Å². The highest BCUT2D eigenvalue weighted by Gasteiger charge is 2.08. The molecule has 1 N–H and O–H groups in total. The molecule has 0 radical (unpaired) electrons. The van der Waals surface area contributed by atoms with Crippen molar-refractivity contribution in [3.05, 3.63) is 76.3 Å². The molecule has 21 heavy (non-hydrogen) atoms. The molecule has 0 aliphatic rings. The van der Waals surface area contributed by atoms with E-state index in [9.17, 15) is 4.79 Å². The van der Waals surface area contributed by atoms with Crippen LogP contribution in [0.5, 0.6) is 0 Å². The number of amides is 1. The summed E-state index contributed by atoms with van der Waals surface area (Å²) in [5.41, 5.74) is 1.16. The Morgan fingerprint density at radius 2 is 1.48 bits per heavy atom. The first-order valence-corrected chi connectivity index (χ1v) is 7.14. The number of rotatable bonds is 2. The van der Waals surface area contributed by atoms with Gasteiger partial charge >= 0.3 is 0 Å². The van der Waals surface area contributed by atoms with Crippen LogP contribution in [0.1, 0.15) is 10.4 Å². The van der Waals surface area contributed by atoms with E-state index in [0.717, 1.165) is 16.5 Å². The Hall–Kier alpha value is -2.03. The van der Waals surface area contributed by atoms with Gasteiger partial charge in [-0.05, 0) is 41.1 Å². The molecule has 2 nitrogen and oxygen atoms in total. The van der Waals surface area contributed by atoms with Crippen LogP contribution in [-0.2, 0) is 0 Å². The second kappa shape index (κ2) is 5.76. The van der Waals surface area contributed by atoms with Crippen LogP contribution in [0.25, 0.3) is 10.8 Å². The topological polar surface area (TPSA) is 29.1 Å². The fourth-order valence-corrected chi connectivity index (χ4v) is 2.68. The first kappa shape index (κ1) is 13.9. The highest BCUT2D eigenvalue weighted by Crippen LogP contribution is 2.22. The van der Waals surface area contributed by atoms with E-state index >= 15 is 0 Å². The molecular weight excluding hydrogens is 305 g/mol. The van der Waals surface area contributed by atoms with Gasteiger partial charge in [0.15, 0.2) is 0 Å². The van der Waals surface area contributed by atoms with Crippen LogP contribution < -0.4 is 5.32 Å². The van der Waals surface area contributed by atoms with E-state index in [0.29, 0.717) is 15.6 Å². The second-order valence-electron chi connectivity index (χ2n) is 4.67. The number of hydrogen-bond acceptors (Lipinski definition) is 1. The van der Waals surface area contributed by atoms with E-state index in [1.807, 2.05) is 42.5 Å². The summed E-state index contributed by atoms with van der Waals surface area (Å²) in [5.74, 6) is -0.241. The summed E-state index contributed by atoms with van der Waals surface area (Å²) in [7, 11) is 0. The zero-order valence-electron chi connectivity index (χ0n) is 10.9. The van der Waals surface area contributed by atoms with Crippen molar-refractivity contribution in [1.82, 2.24) is 0 Å². The molecule has 0 atom stereocenters. The molecule has 0 aliphatic heterocycles. The third-order valence-electron chi connectivity index (χ3n) is 3.13. The fraction of sp³-hybridized carbons (Fsp3) is 0. The quantitative estimate of drug-likeness (QED) is 0.674. The Kier molecular flexibility index (Phi) is 3.82. The van der Waals surface area contributed by atoms with Crippen molar-refractivity contribution in [3.63, 3.8) is 0 Å². The predicted molar refractivity (Wildman–Crippen MR) is 88.4 cm³/mol. The van der Waals surface area contributed by atoms with Gasteiger partial charge in [-0.2, -0.15) is 0 Å². The van der Waals surface area contributed by atoms with E-state index in [1.54, 1.807) is 18.2 Å². The predicted octanol–water partition coefficient (Wildman–Crippen LogP) is 5.40. The van der Waals surface area contributed by atoms with Gasteiger partial charge in [-0.25, -0.2) is 0 Å². The fourth-order valence-electron chi connectivity index (χ4n) is 2.16. The van der Waals surface area contributed by atoms with Gasteiger partial charge in [-0.3, -0.25) is 4.79 Å². The van der Waals surface area contributed by atoms with Crippen LogP contribution in [-0.4, -0.2) is 5.91 Å². The maximum Gasteiger partial charge on any atom is 0.255 e. The van der Waals surface area contributed by atoms with Gasteiger partial charge in [-0.1, -0.05) is 53.5 Å². The number of fused-ring (bicyclic) bond motifs is 1. The molecule has 4 heteroatoms. The molecule has 0 saturated carbocycles. The molecule has 0 saturated heterocycles. The van der Waals surface area contributed by atoms with Gasteiger partial charge in [0.1, 0.15) is 0 Å². The molecule has 0 heterocycles. The van der Waals surface area contributed by atoms with Crippen LogP contribution in [0.4, 0.5) is 5.69 Å². The smallest absolute Gasteiger partial charge is 0.255 e. The zero-order valence-corrected chi connectivity index (χ0v) is 12.4. The van der Waals surface area contributed by atoms with Gasteiger partial charge in [0.2, 0.25) is 0 Å². The SMILES string of the molecule is O=C(Nc1ccc2ccccc2c1)c1cc(Cl)cc(Cl)c1. The monoisotopic (exact) mass is 315 g/mol. The lowest BCUT2D eigenvalue weighted by atomic mass is 10.1. The Morgan fingerprint density at radius 1 is 0.810 bits per heavy atom. The van der Waals surface area contributed by atoms with Crippen LogP contribution in [0.15, 0.2) is 60.7 Å². The Bertz CT molecular complexity index is 810. The number of halogens is 2.